The largest absolute Gasteiger partial charge is 0.292 e. The van der Waals surface area contributed by atoms with Gasteiger partial charge in [-0.25, -0.2) is 17.8 Å². The number of rotatable bonds is 4. The molecular weight excluding hydrogens is 421 g/mol. The third kappa shape index (κ3) is 3.67. The summed E-state index contributed by atoms with van der Waals surface area (Å²) in [5.41, 5.74) is 0.990. The number of halogens is 2. The van der Waals surface area contributed by atoms with E-state index in [1.807, 2.05) is 18.2 Å². The number of piperazine rings is 1. The standard InChI is InChI=1S/C19H19ClFN3O2S2/c1-13(19-22-17-4-2-3-5-18(17)27-19)23-8-10-24(11-9-23)28(25,26)14-6-7-16(21)15(20)12-14/h2-7,12-13H,8-11H2,1H3. The van der Waals surface area contributed by atoms with Gasteiger partial charge in [0.15, 0.2) is 0 Å². The fourth-order valence-corrected chi connectivity index (χ4v) is 6.09. The maximum absolute atomic E-state index is 13.4. The quantitative estimate of drug-likeness (QED) is 0.612. The lowest BCUT2D eigenvalue weighted by Crippen LogP contribution is -2.49. The normalized spacial score (nSPS) is 17.8. The highest BCUT2D eigenvalue weighted by Crippen LogP contribution is 2.31. The Morgan fingerprint density at radius 1 is 1.14 bits per heavy atom. The maximum atomic E-state index is 13.4. The van der Waals surface area contributed by atoms with E-state index in [1.165, 1.54) is 16.4 Å². The van der Waals surface area contributed by atoms with Gasteiger partial charge >= 0.3 is 0 Å². The smallest absolute Gasteiger partial charge is 0.243 e. The third-order valence-electron chi connectivity index (χ3n) is 5.02. The van der Waals surface area contributed by atoms with Gasteiger partial charge in [-0.3, -0.25) is 4.90 Å². The fraction of sp³-hybridized carbons (Fsp3) is 0.316. The zero-order chi connectivity index (χ0) is 19.9. The van der Waals surface area contributed by atoms with Crippen LogP contribution in [0.4, 0.5) is 4.39 Å². The zero-order valence-corrected chi connectivity index (χ0v) is 17.6. The monoisotopic (exact) mass is 439 g/mol. The summed E-state index contributed by atoms with van der Waals surface area (Å²) in [6, 6.07) is 11.7. The van der Waals surface area contributed by atoms with Gasteiger partial charge in [-0.05, 0) is 37.3 Å². The fourth-order valence-electron chi connectivity index (χ4n) is 3.34. The molecule has 2 aromatic carbocycles. The van der Waals surface area contributed by atoms with E-state index in [-0.39, 0.29) is 16.0 Å². The second kappa shape index (κ2) is 7.68. The number of thiazole rings is 1. The molecule has 148 valence electrons. The first kappa shape index (κ1) is 19.7. The van der Waals surface area contributed by atoms with Crippen LogP contribution in [0.5, 0.6) is 0 Å². The summed E-state index contributed by atoms with van der Waals surface area (Å²) in [6.07, 6.45) is 0. The molecule has 1 atom stereocenters. The van der Waals surface area contributed by atoms with Gasteiger partial charge in [0, 0.05) is 26.2 Å². The van der Waals surface area contributed by atoms with E-state index >= 15 is 0 Å². The van der Waals surface area contributed by atoms with Crippen molar-refractivity contribution in [3.8, 4) is 0 Å². The van der Waals surface area contributed by atoms with E-state index in [4.69, 9.17) is 16.6 Å². The van der Waals surface area contributed by atoms with Gasteiger partial charge in [0.2, 0.25) is 10.0 Å². The molecule has 1 unspecified atom stereocenters. The van der Waals surface area contributed by atoms with Crippen LogP contribution in [0.25, 0.3) is 10.2 Å². The molecule has 1 aliphatic rings. The van der Waals surface area contributed by atoms with Gasteiger partial charge in [-0.15, -0.1) is 11.3 Å². The van der Waals surface area contributed by atoms with Crippen LogP contribution >= 0.6 is 22.9 Å². The molecule has 1 aromatic heterocycles. The first-order valence-electron chi connectivity index (χ1n) is 8.91. The molecule has 28 heavy (non-hydrogen) atoms. The van der Waals surface area contributed by atoms with Crippen LogP contribution < -0.4 is 0 Å². The minimum absolute atomic E-state index is 0.0200. The molecule has 0 bridgehead atoms. The van der Waals surface area contributed by atoms with Crippen LogP contribution in [0.15, 0.2) is 47.4 Å². The molecule has 1 saturated heterocycles. The van der Waals surface area contributed by atoms with Gasteiger partial charge in [-0.1, -0.05) is 23.7 Å². The van der Waals surface area contributed by atoms with Crippen molar-refractivity contribution >= 4 is 43.2 Å². The molecule has 0 radical (unpaired) electrons. The summed E-state index contributed by atoms with van der Waals surface area (Å²) in [4.78, 5) is 6.97. The van der Waals surface area contributed by atoms with Crippen LogP contribution in [0, 0.1) is 5.82 Å². The number of benzene rings is 2. The number of para-hydroxylation sites is 1. The second-order valence-electron chi connectivity index (χ2n) is 6.71. The molecule has 3 aromatic rings. The Labute approximate surface area is 172 Å². The number of hydrogen-bond donors (Lipinski definition) is 0. The van der Waals surface area contributed by atoms with Gasteiger partial charge < -0.3 is 0 Å². The lowest BCUT2D eigenvalue weighted by atomic mass is 10.2. The second-order valence-corrected chi connectivity index (χ2v) is 10.1. The summed E-state index contributed by atoms with van der Waals surface area (Å²) in [5.74, 6) is -0.630. The number of aromatic nitrogens is 1. The number of nitrogens with zero attached hydrogens (tertiary/aromatic N) is 3. The number of fused-ring (bicyclic) bond motifs is 1. The van der Waals surface area contributed by atoms with Crippen LogP contribution in [-0.2, 0) is 10.0 Å². The van der Waals surface area contributed by atoms with E-state index < -0.39 is 15.8 Å². The van der Waals surface area contributed by atoms with Crippen LogP contribution in [0.1, 0.15) is 18.0 Å². The average molecular weight is 440 g/mol. The first-order chi connectivity index (χ1) is 13.4. The summed E-state index contributed by atoms with van der Waals surface area (Å²) in [7, 11) is -3.69. The van der Waals surface area contributed by atoms with E-state index in [1.54, 1.807) is 11.3 Å². The molecule has 0 spiro atoms. The molecule has 2 heterocycles. The Morgan fingerprint density at radius 2 is 1.86 bits per heavy atom. The van der Waals surface area contributed by atoms with Crippen molar-refractivity contribution in [2.24, 2.45) is 0 Å². The van der Waals surface area contributed by atoms with E-state index in [0.717, 1.165) is 21.3 Å². The summed E-state index contributed by atoms with van der Waals surface area (Å²) in [6.45, 7) is 4.04. The highest BCUT2D eigenvalue weighted by atomic mass is 35.5. The Balaban J connectivity index is 1.47. The van der Waals surface area contributed by atoms with Crippen LogP contribution in [0.3, 0.4) is 0 Å². The molecule has 0 amide bonds. The number of sulfonamides is 1. The van der Waals surface area contributed by atoms with Crippen molar-refractivity contribution in [3.63, 3.8) is 0 Å². The highest BCUT2D eigenvalue weighted by molar-refractivity contribution is 7.89. The molecule has 0 saturated carbocycles. The van der Waals surface area contributed by atoms with Crippen molar-refractivity contribution in [2.45, 2.75) is 17.9 Å². The lowest BCUT2D eigenvalue weighted by Gasteiger charge is -2.36. The van der Waals surface area contributed by atoms with Gasteiger partial charge in [0.25, 0.3) is 0 Å². The third-order valence-corrected chi connectivity index (χ3v) is 8.41. The van der Waals surface area contributed by atoms with Gasteiger partial charge in [-0.2, -0.15) is 4.31 Å². The van der Waals surface area contributed by atoms with Crippen molar-refractivity contribution in [2.75, 3.05) is 26.2 Å². The summed E-state index contributed by atoms with van der Waals surface area (Å²) >= 11 is 7.42. The van der Waals surface area contributed by atoms with Crippen molar-refractivity contribution in [1.29, 1.82) is 0 Å². The van der Waals surface area contributed by atoms with Crippen LogP contribution in [-0.4, -0.2) is 48.8 Å². The van der Waals surface area contributed by atoms with Gasteiger partial charge in [0.1, 0.15) is 10.8 Å². The minimum atomic E-state index is -3.69. The summed E-state index contributed by atoms with van der Waals surface area (Å²) < 4.78 is 41.6. The Bertz CT molecular complexity index is 1080. The van der Waals surface area contributed by atoms with E-state index in [2.05, 4.69) is 17.9 Å². The molecule has 5 nitrogen and oxygen atoms in total. The zero-order valence-electron chi connectivity index (χ0n) is 15.2. The lowest BCUT2D eigenvalue weighted by molar-refractivity contribution is 0.146. The molecule has 4 rings (SSSR count). The molecular formula is C19H19ClFN3O2S2. The van der Waals surface area contributed by atoms with E-state index in [9.17, 15) is 12.8 Å². The van der Waals surface area contributed by atoms with Gasteiger partial charge in [0.05, 0.1) is 26.2 Å². The molecule has 0 aliphatic carbocycles. The average Bonchev–Trinajstić information content (AvgIpc) is 3.13. The molecule has 0 N–H and O–H groups in total. The maximum Gasteiger partial charge on any atom is 0.243 e. The minimum Gasteiger partial charge on any atom is -0.292 e. The first-order valence-corrected chi connectivity index (χ1v) is 11.5. The van der Waals surface area contributed by atoms with E-state index in [0.29, 0.717) is 26.2 Å². The van der Waals surface area contributed by atoms with Crippen molar-refractivity contribution in [3.05, 3.63) is 58.3 Å². The summed E-state index contributed by atoms with van der Waals surface area (Å²) in [5, 5.41) is 0.840. The Kier molecular flexibility index (Phi) is 5.41. The number of hydrogen-bond acceptors (Lipinski definition) is 5. The topological polar surface area (TPSA) is 53.5 Å². The molecule has 1 fully saturated rings. The Morgan fingerprint density at radius 3 is 2.54 bits per heavy atom. The SMILES string of the molecule is CC(c1nc2ccccc2s1)N1CCN(S(=O)(=O)c2ccc(F)c(Cl)c2)CC1. The highest BCUT2D eigenvalue weighted by Gasteiger charge is 2.31. The molecule has 9 heteroatoms. The van der Waals surface area contributed by atoms with Crippen molar-refractivity contribution in [1.82, 2.24) is 14.2 Å². The predicted molar refractivity (Wildman–Crippen MR) is 110 cm³/mol. The predicted octanol–water partition coefficient (Wildman–Crippen LogP) is 4.16. The van der Waals surface area contributed by atoms with Crippen molar-refractivity contribution < 1.29 is 12.8 Å². The Hall–Kier alpha value is -1.58. The van der Waals surface area contributed by atoms with Crippen LogP contribution in [0.2, 0.25) is 5.02 Å². The molecule has 1 aliphatic heterocycles.